The van der Waals surface area contributed by atoms with Gasteiger partial charge in [0.15, 0.2) is 0 Å². The third-order valence-electron chi connectivity index (χ3n) is 12.9. The van der Waals surface area contributed by atoms with Crippen LogP contribution in [0.25, 0.3) is 22.0 Å². The lowest BCUT2D eigenvalue weighted by molar-refractivity contribution is -0.0452. The summed E-state index contributed by atoms with van der Waals surface area (Å²) in [5.74, 6) is 5.09. The molecule has 222 valence electrons. The average Bonchev–Trinajstić information content (AvgIpc) is 3.32. The first kappa shape index (κ1) is 28.6. The standard InChI is InChI=1S/C40H50ClN/c1-25(2)10-9-11-26(3)33-17-18-34-30-16-14-28-22-37-32(24-40(28,5)35(30)20-21-39(33,34)4)38(27-12-7-6-8-13-27)31-23-29(41)15-19-36(31)42-37/h6-8,12-15,19,23,25-26,30,33-35H,9-11,16-18,20-22,24H2,1-5H3/t26-,30+,33-,34+,35+,39-,40+/m1/s1. The van der Waals surface area contributed by atoms with E-state index in [0.717, 1.165) is 58.9 Å². The molecule has 0 bridgehead atoms. The molecular weight excluding hydrogens is 530 g/mol. The van der Waals surface area contributed by atoms with Crippen molar-refractivity contribution in [3.05, 3.63) is 76.5 Å². The summed E-state index contributed by atoms with van der Waals surface area (Å²) in [7, 11) is 0. The molecule has 0 aliphatic heterocycles. The number of hydrogen-bond donors (Lipinski definition) is 0. The molecule has 1 nitrogen and oxygen atoms in total. The van der Waals surface area contributed by atoms with E-state index in [9.17, 15) is 0 Å². The third kappa shape index (κ3) is 4.60. The smallest absolute Gasteiger partial charge is 0.0712 e. The third-order valence-corrected chi connectivity index (χ3v) is 13.2. The van der Waals surface area contributed by atoms with Gasteiger partial charge >= 0.3 is 0 Å². The van der Waals surface area contributed by atoms with Gasteiger partial charge in [0.05, 0.1) is 5.52 Å². The maximum absolute atomic E-state index is 6.59. The van der Waals surface area contributed by atoms with E-state index in [-0.39, 0.29) is 5.41 Å². The minimum Gasteiger partial charge on any atom is -0.252 e. The van der Waals surface area contributed by atoms with Crippen molar-refractivity contribution in [3.63, 3.8) is 0 Å². The molecule has 4 aliphatic rings. The summed E-state index contributed by atoms with van der Waals surface area (Å²) >= 11 is 6.59. The van der Waals surface area contributed by atoms with Crippen LogP contribution >= 0.6 is 11.6 Å². The molecule has 42 heavy (non-hydrogen) atoms. The molecular formula is C40H50ClN. The van der Waals surface area contributed by atoms with Crippen molar-refractivity contribution in [2.45, 2.75) is 98.8 Å². The Kier molecular flexibility index (Phi) is 7.36. The van der Waals surface area contributed by atoms with Gasteiger partial charge in [0, 0.05) is 22.5 Å². The van der Waals surface area contributed by atoms with Crippen molar-refractivity contribution in [2.24, 2.45) is 46.3 Å². The number of halogens is 1. The molecule has 0 unspecified atom stereocenters. The van der Waals surface area contributed by atoms with E-state index in [1.807, 2.05) is 6.07 Å². The second kappa shape index (κ2) is 10.8. The molecule has 3 aromatic rings. The topological polar surface area (TPSA) is 12.9 Å². The van der Waals surface area contributed by atoms with Crippen LogP contribution in [0.2, 0.25) is 5.02 Å². The van der Waals surface area contributed by atoms with Crippen LogP contribution in [0.4, 0.5) is 0 Å². The van der Waals surface area contributed by atoms with Crippen LogP contribution in [0, 0.1) is 46.3 Å². The molecule has 2 fully saturated rings. The van der Waals surface area contributed by atoms with Crippen LogP contribution in [0.1, 0.15) is 97.2 Å². The number of hydrogen-bond acceptors (Lipinski definition) is 1. The summed E-state index contributed by atoms with van der Waals surface area (Å²) in [6.45, 7) is 12.7. The summed E-state index contributed by atoms with van der Waals surface area (Å²) in [6.07, 6.45) is 16.0. The molecule has 7 atom stereocenters. The molecule has 0 radical (unpaired) electrons. The van der Waals surface area contributed by atoms with Gasteiger partial charge in [-0.25, -0.2) is 0 Å². The van der Waals surface area contributed by atoms with E-state index < -0.39 is 0 Å². The zero-order chi connectivity index (χ0) is 29.2. The molecule has 7 rings (SSSR count). The summed E-state index contributed by atoms with van der Waals surface area (Å²) in [5, 5.41) is 2.00. The van der Waals surface area contributed by atoms with Crippen molar-refractivity contribution in [2.75, 3.05) is 0 Å². The van der Waals surface area contributed by atoms with Crippen LogP contribution in [-0.2, 0) is 12.8 Å². The van der Waals surface area contributed by atoms with Gasteiger partial charge in [-0.1, -0.05) is 107 Å². The Bertz CT molecular complexity index is 1500. The number of aromatic nitrogens is 1. The van der Waals surface area contributed by atoms with Gasteiger partial charge in [0.2, 0.25) is 0 Å². The Morgan fingerprint density at radius 1 is 0.952 bits per heavy atom. The number of fused-ring (bicyclic) bond motifs is 7. The fraction of sp³-hybridized carbons (Fsp3) is 0.575. The number of pyridine rings is 1. The first-order chi connectivity index (χ1) is 20.2. The van der Waals surface area contributed by atoms with Crippen molar-refractivity contribution >= 4 is 22.5 Å². The minimum absolute atomic E-state index is 0.218. The zero-order valence-corrected chi connectivity index (χ0v) is 27.3. The highest BCUT2D eigenvalue weighted by Crippen LogP contribution is 2.67. The summed E-state index contributed by atoms with van der Waals surface area (Å²) in [6, 6.07) is 17.3. The molecule has 0 N–H and O–H groups in total. The maximum Gasteiger partial charge on any atom is 0.0712 e. The molecule has 1 heterocycles. The monoisotopic (exact) mass is 579 g/mol. The van der Waals surface area contributed by atoms with Crippen molar-refractivity contribution < 1.29 is 0 Å². The predicted octanol–water partition coefficient (Wildman–Crippen LogP) is 11.5. The normalized spacial score (nSPS) is 32.6. The van der Waals surface area contributed by atoms with Crippen LogP contribution in [0.5, 0.6) is 0 Å². The van der Waals surface area contributed by atoms with Gasteiger partial charge in [-0.3, -0.25) is 4.98 Å². The average molecular weight is 580 g/mol. The van der Waals surface area contributed by atoms with E-state index in [0.29, 0.717) is 5.41 Å². The van der Waals surface area contributed by atoms with Crippen LogP contribution in [0.15, 0.2) is 60.2 Å². The highest BCUT2D eigenvalue weighted by molar-refractivity contribution is 6.31. The van der Waals surface area contributed by atoms with Crippen molar-refractivity contribution in [3.8, 4) is 11.1 Å². The maximum atomic E-state index is 6.59. The Morgan fingerprint density at radius 3 is 2.55 bits per heavy atom. The van der Waals surface area contributed by atoms with E-state index in [2.05, 4.69) is 83.2 Å². The number of allylic oxidation sites excluding steroid dienone is 2. The molecule has 2 aromatic carbocycles. The molecule has 1 aromatic heterocycles. The summed E-state index contributed by atoms with van der Waals surface area (Å²) < 4.78 is 0. The minimum atomic E-state index is 0.218. The Labute approximate surface area is 259 Å². The van der Waals surface area contributed by atoms with Gasteiger partial charge in [0.1, 0.15) is 0 Å². The van der Waals surface area contributed by atoms with Crippen LogP contribution in [-0.4, -0.2) is 4.98 Å². The lowest BCUT2D eigenvalue weighted by atomic mass is 9.46. The fourth-order valence-electron chi connectivity index (χ4n) is 10.8. The van der Waals surface area contributed by atoms with Gasteiger partial charge in [-0.15, -0.1) is 0 Å². The number of benzene rings is 2. The van der Waals surface area contributed by atoms with E-state index >= 15 is 0 Å². The van der Waals surface area contributed by atoms with E-state index in [1.165, 1.54) is 79.1 Å². The molecule has 2 saturated carbocycles. The summed E-state index contributed by atoms with van der Waals surface area (Å²) in [5.41, 5.74) is 8.94. The highest BCUT2D eigenvalue weighted by Gasteiger charge is 2.59. The van der Waals surface area contributed by atoms with Crippen molar-refractivity contribution in [1.29, 1.82) is 0 Å². The molecule has 0 amide bonds. The van der Waals surface area contributed by atoms with Crippen molar-refractivity contribution in [1.82, 2.24) is 4.98 Å². The lowest BCUT2D eigenvalue weighted by Gasteiger charge is -2.58. The highest BCUT2D eigenvalue weighted by atomic mass is 35.5. The lowest BCUT2D eigenvalue weighted by Crippen LogP contribution is -2.51. The van der Waals surface area contributed by atoms with Gasteiger partial charge in [-0.2, -0.15) is 0 Å². The second-order valence-electron chi connectivity index (χ2n) is 15.6. The molecule has 0 saturated heterocycles. The van der Waals surface area contributed by atoms with Crippen LogP contribution in [0.3, 0.4) is 0 Å². The van der Waals surface area contributed by atoms with Gasteiger partial charge in [0.25, 0.3) is 0 Å². The SMILES string of the molecule is CC(C)CCC[C@@H](C)[C@H]1CC[C@H]2[C@@H]3CC=C4Cc5nc6ccc(Cl)cc6c(-c6ccccc6)c5C[C@]4(C)[C@H]3CC[C@]12C. The molecule has 0 spiro atoms. The molecule has 2 heteroatoms. The first-order valence-corrected chi connectivity index (χ1v) is 17.4. The zero-order valence-electron chi connectivity index (χ0n) is 26.6. The largest absolute Gasteiger partial charge is 0.252 e. The quantitative estimate of drug-likeness (QED) is 0.265. The van der Waals surface area contributed by atoms with Crippen LogP contribution < -0.4 is 0 Å². The Hall–Kier alpha value is -2.12. The number of nitrogens with zero attached hydrogens (tertiary/aromatic N) is 1. The van der Waals surface area contributed by atoms with E-state index in [1.54, 1.807) is 5.57 Å². The van der Waals surface area contributed by atoms with E-state index in [4.69, 9.17) is 16.6 Å². The number of rotatable bonds is 6. The Balaban J connectivity index is 1.23. The molecule has 4 aliphatic carbocycles. The Morgan fingerprint density at radius 2 is 1.76 bits per heavy atom. The van der Waals surface area contributed by atoms with Gasteiger partial charge < -0.3 is 0 Å². The van der Waals surface area contributed by atoms with Gasteiger partial charge in [-0.05, 0) is 120 Å². The second-order valence-corrected chi connectivity index (χ2v) is 16.0. The fourth-order valence-corrected chi connectivity index (χ4v) is 11.0. The first-order valence-electron chi connectivity index (χ1n) is 17.0. The predicted molar refractivity (Wildman–Crippen MR) is 179 cm³/mol. The summed E-state index contributed by atoms with van der Waals surface area (Å²) in [4.78, 5) is 5.30.